The Bertz CT molecular complexity index is 486. The van der Waals surface area contributed by atoms with Gasteiger partial charge in [0.05, 0.1) is 10.9 Å². The van der Waals surface area contributed by atoms with Crippen molar-refractivity contribution in [3.05, 3.63) is 34.1 Å². The molecular formula is C7H4F2N2O. The number of nitrogens with one attached hydrogen (secondary N) is 2. The molecule has 1 heterocycles. The molecule has 62 valence electrons. The van der Waals surface area contributed by atoms with Crippen LogP contribution >= 0.6 is 0 Å². The SMILES string of the molecule is O=c1[nH][nH]c2cc(F)c(F)cc12. The number of aromatic amines is 2. The van der Waals surface area contributed by atoms with Gasteiger partial charge in [-0.3, -0.25) is 15.0 Å². The Balaban J connectivity index is 2.97. The van der Waals surface area contributed by atoms with Crippen molar-refractivity contribution in [1.82, 2.24) is 10.2 Å². The fourth-order valence-corrected chi connectivity index (χ4v) is 1.03. The fourth-order valence-electron chi connectivity index (χ4n) is 1.03. The first-order chi connectivity index (χ1) is 5.68. The molecule has 0 aliphatic carbocycles. The van der Waals surface area contributed by atoms with Gasteiger partial charge in [0.1, 0.15) is 0 Å². The van der Waals surface area contributed by atoms with Gasteiger partial charge in [-0.1, -0.05) is 0 Å². The van der Waals surface area contributed by atoms with Crippen molar-refractivity contribution in [3.8, 4) is 0 Å². The average molecular weight is 170 g/mol. The highest BCUT2D eigenvalue weighted by molar-refractivity contribution is 5.77. The summed E-state index contributed by atoms with van der Waals surface area (Å²) in [6.07, 6.45) is 0. The highest BCUT2D eigenvalue weighted by Crippen LogP contribution is 2.12. The van der Waals surface area contributed by atoms with Crippen LogP contribution in [0, 0.1) is 11.6 Å². The molecule has 2 N–H and O–H groups in total. The van der Waals surface area contributed by atoms with Crippen LogP contribution in [0.2, 0.25) is 0 Å². The summed E-state index contributed by atoms with van der Waals surface area (Å²) >= 11 is 0. The Morgan fingerprint density at radius 2 is 1.75 bits per heavy atom. The van der Waals surface area contributed by atoms with Crippen molar-refractivity contribution in [2.24, 2.45) is 0 Å². The second-order valence-corrected chi connectivity index (χ2v) is 2.39. The van der Waals surface area contributed by atoms with E-state index >= 15 is 0 Å². The third-order valence-corrected chi connectivity index (χ3v) is 1.62. The molecule has 3 nitrogen and oxygen atoms in total. The molecule has 2 rings (SSSR count). The number of halogens is 2. The minimum absolute atomic E-state index is 0.119. The maximum atomic E-state index is 12.6. The largest absolute Gasteiger partial charge is 0.297 e. The first-order valence-electron chi connectivity index (χ1n) is 3.24. The number of aromatic nitrogens is 2. The first kappa shape index (κ1) is 7.02. The van der Waals surface area contributed by atoms with Gasteiger partial charge in [-0.25, -0.2) is 8.78 Å². The van der Waals surface area contributed by atoms with E-state index in [-0.39, 0.29) is 10.9 Å². The lowest BCUT2D eigenvalue weighted by Crippen LogP contribution is -1.97. The molecule has 0 saturated carbocycles. The smallest absolute Gasteiger partial charge is 0.271 e. The molecule has 12 heavy (non-hydrogen) atoms. The van der Waals surface area contributed by atoms with Gasteiger partial charge in [-0.15, -0.1) is 0 Å². The first-order valence-corrected chi connectivity index (χ1v) is 3.24. The van der Waals surface area contributed by atoms with Gasteiger partial charge in [-0.05, 0) is 6.07 Å². The van der Waals surface area contributed by atoms with E-state index < -0.39 is 17.2 Å². The molecule has 0 radical (unpaired) electrons. The molecule has 1 aromatic carbocycles. The molecule has 0 aliphatic heterocycles. The lowest BCUT2D eigenvalue weighted by molar-refractivity contribution is 0.511. The number of benzene rings is 1. The summed E-state index contributed by atoms with van der Waals surface area (Å²) in [5.74, 6) is -2.00. The quantitative estimate of drug-likeness (QED) is 0.611. The van der Waals surface area contributed by atoms with Crippen LogP contribution in [0.15, 0.2) is 16.9 Å². The minimum atomic E-state index is -1.02. The molecule has 1 aromatic heterocycles. The molecule has 0 aliphatic rings. The van der Waals surface area contributed by atoms with Gasteiger partial charge in [0.25, 0.3) is 5.56 Å². The van der Waals surface area contributed by atoms with Crippen LogP contribution in [0.4, 0.5) is 8.78 Å². The monoisotopic (exact) mass is 170 g/mol. The summed E-state index contributed by atoms with van der Waals surface area (Å²) in [5.41, 5.74) is -0.192. The Morgan fingerprint density at radius 3 is 2.50 bits per heavy atom. The van der Waals surface area contributed by atoms with Crippen molar-refractivity contribution < 1.29 is 8.78 Å². The molecule has 0 unspecified atom stereocenters. The van der Waals surface area contributed by atoms with Gasteiger partial charge in [-0.2, -0.15) is 0 Å². The Morgan fingerprint density at radius 1 is 1.08 bits per heavy atom. The average Bonchev–Trinajstić information content (AvgIpc) is 2.35. The molecule has 5 heteroatoms. The van der Waals surface area contributed by atoms with Crippen molar-refractivity contribution >= 4 is 10.9 Å². The summed E-state index contributed by atoms with van der Waals surface area (Å²) in [6, 6.07) is 1.79. The second kappa shape index (κ2) is 2.17. The summed E-state index contributed by atoms with van der Waals surface area (Å²) in [7, 11) is 0. The van der Waals surface area contributed by atoms with Crippen molar-refractivity contribution in [2.45, 2.75) is 0 Å². The van der Waals surface area contributed by atoms with Crippen LogP contribution in [-0.4, -0.2) is 10.2 Å². The van der Waals surface area contributed by atoms with E-state index in [0.717, 1.165) is 12.1 Å². The molecule has 0 fully saturated rings. The predicted molar refractivity (Wildman–Crippen MR) is 38.8 cm³/mol. The van der Waals surface area contributed by atoms with Crippen LogP contribution in [0.5, 0.6) is 0 Å². The summed E-state index contributed by atoms with van der Waals surface area (Å²) in [4.78, 5) is 10.9. The lowest BCUT2D eigenvalue weighted by atomic mass is 10.2. The number of hydrogen-bond acceptors (Lipinski definition) is 1. The second-order valence-electron chi connectivity index (χ2n) is 2.39. The van der Waals surface area contributed by atoms with E-state index in [1.165, 1.54) is 0 Å². The Kier molecular flexibility index (Phi) is 1.27. The third kappa shape index (κ3) is 0.827. The van der Waals surface area contributed by atoms with E-state index in [1.54, 1.807) is 0 Å². The van der Waals surface area contributed by atoms with E-state index in [4.69, 9.17) is 0 Å². The van der Waals surface area contributed by atoms with Gasteiger partial charge in [0.2, 0.25) is 0 Å². The van der Waals surface area contributed by atoms with Crippen LogP contribution in [0.25, 0.3) is 10.9 Å². The molecular weight excluding hydrogens is 166 g/mol. The zero-order valence-electron chi connectivity index (χ0n) is 5.82. The Labute approximate surface area is 65.0 Å². The molecule has 0 spiro atoms. The van der Waals surface area contributed by atoms with E-state index in [0.29, 0.717) is 0 Å². The van der Waals surface area contributed by atoms with Crippen molar-refractivity contribution in [3.63, 3.8) is 0 Å². The summed E-state index contributed by atoms with van der Waals surface area (Å²) in [5, 5.41) is 4.75. The van der Waals surface area contributed by atoms with E-state index in [1.807, 2.05) is 0 Å². The van der Waals surface area contributed by atoms with Gasteiger partial charge in [0.15, 0.2) is 11.6 Å². The van der Waals surface area contributed by atoms with Crippen LogP contribution < -0.4 is 5.56 Å². The van der Waals surface area contributed by atoms with Crippen molar-refractivity contribution in [1.29, 1.82) is 0 Å². The highest BCUT2D eigenvalue weighted by atomic mass is 19.2. The standard InChI is InChI=1S/C7H4F2N2O/c8-4-1-3-6(2-5(4)9)10-11-7(3)12/h1-2H,(H2,10,11,12). The third-order valence-electron chi connectivity index (χ3n) is 1.62. The topological polar surface area (TPSA) is 48.6 Å². The molecule has 0 saturated heterocycles. The minimum Gasteiger partial charge on any atom is -0.297 e. The predicted octanol–water partition coefficient (Wildman–Crippen LogP) is 1.13. The zero-order valence-corrected chi connectivity index (χ0v) is 5.82. The Hall–Kier alpha value is -1.65. The maximum absolute atomic E-state index is 12.6. The van der Waals surface area contributed by atoms with Crippen molar-refractivity contribution in [2.75, 3.05) is 0 Å². The van der Waals surface area contributed by atoms with E-state index in [2.05, 4.69) is 10.2 Å². The fraction of sp³-hybridized carbons (Fsp3) is 0. The summed E-state index contributed by atoms with van der Waals surface area (Å²) in [6.45, 7) is 0. The zero-order chi connectivity index (χ0) is 8.72. The van der Waals surface area contributed by atoms with Gasteiger partial charge in [0, 0.05) is 6.07 Å². The van der Waals surface area contributed by atoms with Crippen LogP contribution in [-0.2, 0) is 0 Å². The summed E-state index contributed by atoms with van der Waals surface area (Å²) < 4.78 is 25.1. The van der Waals surface area contributed by atoms with Crippen LogP contribution in [0.1, 0.15) is 0 Å². The molecule has 0 bridgehead atoms. The highest BCUT2D eigenvalue weighted by Gasteiger charge is 2.06. The number of rotatable bonds is 0. The van der Waals surface area contributed by atoms with Gasteiger partial charge >= 0.3 is 0 Å². The maximum Gasteiger partial charge on any atom is 0.271 e. The van der Waals surface area contributed by atoms with E-state index in [9.17, 15) is 13.6 Å². The number of hydrogen-bond donors (Lipinski definition) is 2. The lowest BCUT2D eigenvalue weighted by Gasteiger charge is -1.90. The molecule has 2 aromatic rings. The van der Waals surface area contributed by atoms with Gasteiger partial charge < -0.3 is 0 Å². The molecule has 0 atom stereocenters. The normalized spacial score (nSPS) is 10.8. The number of H-pyrrole nitrogens is 2. The van der Waals surface area contributed by atoms with Crippen LogP contribution in [0.3, 0.4) is 0 Å². The molecule has 0 amide bonds. The number of fused-ring (bicyclic) bond motifs is 1.